The van der Waals surface area contributed by atoms with Crippen molar-refractivity contribution in [1.29, 1.82) is 0 Å². The van der Waals surface area contributed by atoms with Crippen LogP contribution in [0, 0.1) is 6.92 Å². The molecule has 0 unspecified atom stereocenters. The van der Waals surface area contributed by atoms with Crippen molar-refractivity contribution in [2.45, 2.75) is 38.3 Å². The van der Waals surface area contributed by atoms with Gasteiger partial charge in [0.2, 0.25) is 0 Å². The highest BCUT2D eigenvalue weighted by Gasteiger charge is 2.16. The van der Waals surface area contributed by atoms with Gasteiger partial charge in [0.15, 0.2) is 5.16 Å². The molecule has 0 bridgehead atoms. The normalized spacial score (nSPS) is 11.7. The molecule has 0 aliphatic carbocycles. The molecule has 3 aromatic rings. The van der Waals surface area contributed by atoms with Gasteiger partial charge < -0.3 is 5.11 Å². The first-order chi connectivity index (χ1) is 12.3. The van der Waals surface area contributed by atoms with Crippen LogP contribution in [0.3, 0.4) is 0 Å². The van der Waals surface area contributed by atoms with E-state index in [1.807, 2.05) is 4.57 Å². The summed E-state index contributed by atoms with van der Waals surface area (Å²) in [6, 6.07) is 10.8. The van der Waals surface area contributed by atoms with Crippen molar-refractivity contribution >= 4 is 29.1 Å². The first kappa shape index (κ1) is 18.7. The van der Waals surface area contributed by atoms with Gasteiger partial charge in [-0.05, 0) is 35.1 Å². The minimum absolute atomic E-state index is 0.0375. The second-order valence-corrected chi connectivity index (χ2v) is 9.06. The fourth-order valence-corrected chi connectivity index (χ4v) is 4.44. The summed E-state index contributed by atoms with van der Waals surface area (Å²) in [5.74, 6) is -0.906. The minimum Gasteiger partial charge on any atom is -0.481 e. The zero-order valence-electron chi connectivity index (χ0n) is 15.2. The van der Waals surface area contributed by atoms with Crippen LogP contribution >= 0.6 is 23.1 Å². The Morgan fingerprint density at radius 3 is 2.58 bits per heavy atom. The van der Waals surface area contributed by atoms with Gasteiger partial charge in [0.1, 0.15) is 11.3 Å². The van der Waals surface area contributed by atoms with Gasteiger partial charge in [0, 0.05) is 4.88 Å². The number of aryl methyl sites for hydroxylation is 1. The molecule has 5 nitrogen and oxygen atoms in total. The number of nitrogens with zero attached hydrogens (tertiary/aromatic N) is 3. The summed E-state index contributed by atoms with van der Waals surface area (Å²) in [6.45, 7) is 8.71. The molecule has 0 saturated heterocycles. The Morgan fingerprint density at radius 2 is 1.96 bits per heavy atom. The number of carboxylic acid groups (broad SMARTS) is 1. The maximum Gasteiger partial charge on any atom is 0.313 e. The quantitative estimate of drug-likeness (QED) is 0.638. The number of thioether (sulfide) groups is 1. The maximum absolute atomic E-state index is 10.8. The molecule has 3 rings (SSSR count). The topological polar surface area (TPSA) is 68.0 Å². The third-order valence-electron chi connectivity index (χ3n) is 4.00. The van der Waals surface area contributed by atoms with E-state index in [-0.39, 0.29) is 11.2 Å². The fourth-order valence-electron chi connectivity index (χ4n) is 2.59. The van der Waals surface area contributed by atoms with Crippen molar-refractivity contribution in [3.8, 4) is 15.4 Å². The Balaban J connectivity index is 1.91. The maximum atomic E-state index is 10.8. The van der Waals surface area contributed by atoms with Gasteiger partial charge >= 0.3 is 5.97 Å². The molecule has 0 atom stereocenters. The van der Waals surface area contributed by atoms with Crippen LogP contribution in [-0.4, -0.2) is 31.6 Å². The number of aromatic nitrogens is 3. The number of carbonyl (C=O) groups is 1. The molecule has 26 heavy (non-hydrogen) atoms. The lowest BCUT2D eigenvalue weighted by molar-refractivity contribution is -0.133. The second kappa shape index (κ2) is 7.25. The lowest BCUT2D eigenvalue weighted by Crippen LogP contribution is -2.10. The number of carboxylic acids is 1. The predicted octanol–water partition coefficient (Wildman–Crippen LogP) is 4.78. The second-order valence-electron chi connectivity index (χ2n) is 7.09. The van der Waals surface area contributed by atoms with Gasteiger partial charge in [-0.2, -0.15) is 0 Å². The Morgan fingerprint density at radius 1 is 1.27 bits per heavy atom. The van der Waals surface area contributed by atoms with Crippen LogP contribution in [0.15, 0.2) is 41.8 Å². The van der Waals surface area contributed by atoms with Gasteiger partial charge in [-0.3, -0.25) is 9.36 Å². The zero-order valence-corrected chi connectivity index (χ0v) is 16.8. The summed E-state index contributed by atoms with van der Waals surface area (Å²) in [7, 11) is 0. The molecular formula is C19H21N3O2S2. The molecule has 0 aliphatic rings. The minimum atomic E-state index is -0.869. The fraction of sp³-hybridized carbons (Fsp3) is 0.316. The molecule has 0 saturated carbocycles. The molecule has 1 N–H and O–H groups in total. The smallest absolute Gasteiger partial charge is 0.313 e. The van der Waals surface area contributed by atoms with E-state index in [1.165, 1.54) is 33.3 Å². The SMILES string of the molecule is Cc1cc(-n2cnnc2SCC(=O)O)sc1-c1ccc(C(C)(C)C)cc1. The number of rotatable bonds is 5. The van der Waals surface area contributed by atoms with Gasteiger partial charge in [-0.15, -0.1) is 21.5 Å². The van der Waals surface area contributed by atoms with E-state index in [0.717, 1.165) is 5.00 Å². The molecule has 0 radical (unpaired) electrons. The van der Waals surface area contributed by atoms with Crippen molar-refractivity contribution in [2.24, 2.45) is 0 Å². The van der Waals surface area contributed by atoms with Crippen LogP contribution in [0.1, 0.15) is 31.9 Å². The molecular weight excluding hydrogens is 366 g/mol. The van der Waals surface area contributed by atoms with Gasteiger partial charge in [0.25, 0.3) is 0 Å². The predicted molar refractivity (Wildman–Crippen MR) is 106 cm³/mol. The van der Waals surface area contributed by atoms with Crippen LogP contribution in [-0.2, 0) is 10.2 Å². The average Bonchev–Trinajstić information content (AvgIpc) is 3.18. The Labute approximate surface area is 161 Å². The summed E-state index contributed by atoms with van der Waals surface area (Å²) < 4.78 is 1.85. The van der Waals surface area contributed by atoms with E-state index in [1.54, 1.807) is 17.7 Å². The Hall–Kier alpha value is -2.12. The first-order valence-corrected chi connectivity index (χ1v) is 10.0. The summed E-state index contributed by atoms with van der Waals surface area (Å²) in [5, 5.41) is 18.4. The lowest BCUT2D eigenvalue weighted by atomic mass is 9.86. The molecule has 0 fully saturated rings. The summed E-state index contributed by atoms with van der Waals surface area (Å²) in [5.41, 5.74) is 3.80. The number of benzene rings is 1. The van der Waals surface area contributed by atoms with Crippen LogP contribution in [0.4, 0.5) is 0 Å². The third kappa shape index (κ3) is 3.99. The van der Waals surface area contributed by atoms with E-state index in [4.69, 9.17) is 5.11 Å². The molecule has 136 valence electrons. The molecule has 7 heteroatoms. The largest absolute Gasteiger partial charge is 0.481 e. The third-order valence-corrected chi connectivity index (χ3v) is 6.21. The monoisotopic (exact) mass is 387 g/mol. The van der Waals surface area contributed by atoms with Crippen molar-refractivity contribution in [3.05, 3.63) is 47.8 Å². The summed E-state index contributed by atoms with van der Waals surface area (Å²) in [6.07, 6.45) is 1.63. The number of thiophene rings is 1. The average molecular weight is 388 g/mol. The van der Waals surface area contributed by atoms with E-state index >= 15 is 0 Å². The molecule has 1 aromatic carbocycles. The highest BCUT2D eigenvalue weighted by molar-refractivity contribution is 7.99. The van der Waals surface area contributed by atoms with Crippen LogP contribution < -0.4 is 0 Å². The van der Waals surface area contributed by atoms with Crippen molar-refractivity contribution in [2.75, 3.05) is 5.75 Å². The molecule has 0 spiro atoms. The molecule has 0 amide bonds. The Bertz CT molecular complexity index is 921. The van der Waals surface area contributed by atoms with Gasteiger partial charge in [0.05, 0.1) is 5.75 Å². The standard InChI is InChI=1S/C19H21N3O2S2/c1-12-9-15(22-11-20-21-18(22)25-10-16(23)24)26-17(12)13-5-7-14(8-6-13)19(2,3)4/h5-9,11H,10H2,1-4H3,(H,23,24). The van der Waals surface area contributed by atoms with Gasteiger partial charge in [-0.1, -0.05) is 56.8 Å². The van der Waals surface area contributed by atoms with Crippen LogP contribution in [0.5, 0.6) is 0 Å². The van der Waals surface area contributed by atoms with E-state index in [9.17, 15) is 4.79 Å². The highest BCUT2D eigenvalue weighted by Crippen LogP contribution is 2.36. The van der Waals surface area contributed by atoms with E-state index in [2.05, 4.69) is 68.2 Å². The summed E-state index contributed by atoms with van der Waals surface area (Å²) in [4.78, 5) is 12.0. The van der Waals surface area contributed by atoms with Crippen molar-refractivity contribution in [3.63, 3.8) is 0 Å². The lowest BCUT2D eigenvalue weighted by Gasteiger charge is -2.19. The van der Waals surface area contributed by atoms with Crippen LogP contribution in [0.2, 0.25) is 0 Å². The number of aliphatic carboxylic acids is 1. The van der Waals surface area contributed by atoms with E-state index < -0.39 is 5.97 Å². The number of hydrogen-bond donors (Lipinski definition) is 1. The highest BCUT2D eigenvalue weighted by atomic mass is 32.2. The zero-order chi connectivity index (χ0) is 18.9. The van der Waals surface area contributed by atoms with Crippen molar-refractivity contribution in [1.82, 2.24) is 14.8 Å². The van der Waals surface area contributed by atoms with E-state index in [0.29, 0.717) is 5.16 Å². The molecule has 0 aliphatic heterocycles. The van der Waals surface area contributed by atoms with Crippen LogP contribution in [0.25, 0.3) is 15.4 Å². The van der Waals surface area contributed by atoms with Gasteiger partial charge in [-0.25, -0.2) is 0 Å². The molecule has 2 heterocycles. The first-order valence-electron chi connectivity index (χ1n) is 8.22. The number of hydrogen-bond acceptors (Lipinski definition) is 5. The Kier molecular flexibility index (Phi) is 5.20. The molecule has 2 aromatic heterocycles. The summed E-state index contributed by atoms with van der Waals surface area (Å²) >= 11 is 2.82. The van der Waals surface area contributed by atoms with Crippen molar-refractivity contribution < 1.29 is 9.90 Å².